The van der Waals surface area contributed by atoms with Crippen LogP contribution in [0.15, 0.2) is 18.5 Å². The van der Waals surface area contributed by atoms with Crippen molar-refractivity contribution in [1.82, 2.24) is 4.98 Å². The minimum atomic E-state index is -1.05. The molecule has 0 spiro atoms. The first-order valence-electron chi connectivity index (χ1n) is 4.44. The second kappa shape index (κ2) is 5.54. The molecule has 0 aliphatic heterocycles. The fourth-order valence-electron chi connectivity index (χ4n) is 1.06. The van der Waals surface area contributed by atoms with E-state index >= 15 is 0 Å². The van der Waals surface area contributed by atoms with Crippen LogP contribution in [-0.2, 0) is 4.74 Å². The van der Waals surface area contributed by atoms with E-state index in [1.807, 2.05) is 0 Å². The zero-order valence-corrected chi connectivity index (χ0v) is 8.34. The van der Waals surface area contributed by atoms with Gasteiger partial charge in [0, 0.05) is 12.7 Å². The molecule has 0 saturated carbocycles. The van der Waals surface area contributed by atoms with Crippen LogP contribution in [0.1, 0.15) is 10.4 Å². The monoisotopic (exact) mass is 225 g/mol. The molecule has 0 atom stereocenters. The zero-order chi connectivity index (χ0) is 12.0. The van der Waals surface area contributed by atoms with Crippen LogP contribution >= 0.6 is 0 Å². The van der Waals surface area contributed by atoms with Crippen LogP contribution in [0, 0.1) is 0 Å². The second-order valence-corrected chi connectivity index (χ2v) is 2.82. The number of carbonyl (C=O) groups excluding carboxylic acids is 1. The van der Waals surface area contributed by atoms with Gasteiger partial charge in [0.2, 0.25) is 0 Å². The van der Waals surface area contributed by atoms with E-state index in [2.05, 4.69) is 15.0 Å². The summed E-state index contributed by atoms with van der Waals surface area (Å²) >= 11 is 0. The molecule has 1 aromatic rings. The molecule has 1 amide bonds. The number of ether oxygens (including phenoxy) is 1. The van der Waals surface area contributed by atoms with Gasteiger partial charge in [0.25, 0.3) is 0 Å². The number of aromatic nitrogens is 1. The highest BCUT2D eigenvalue weighted by atomic mass is 16.5. The van der Waals surface area contributed by atoms with Gasteiger partial charge < -0.3 is 20.9 Å². The van der Waals surface area contributed by atoms with Gasteiger partial charge in [0.05, 0.1) is 17.4 Å². The third-order valence-electron chi connectivity index (χ3n) is 1.71. The summed E-state index contributed by atoms with van der Waals surface area (Å²) in [6.45, 7) is 0.318. The minimum absolute atomic E-state index is 0.0588. The largest absolute Gasteiger partial charge is 0.478 e. The average Bonchev–Trinajstić information content (AvgIpc) is 2.24. The number of hydrogen-bond acceptors (Lipinski definition) is 5. The summed E-state index contributed by atoms with van der Waals surface area (Å²) in [6, 6.07) is 1.37. The Balaban J connectivity index is 2.53. The molecule has 7 nitrogen and oxygen atoms in total. The van der Waals surface area contributed by atoms with Crippen molar-refractivity contribution in [2.24, 2.45) is 5.73 Å². The summed E-state index contributed by atoms with van der Waals surface area (Å²) < 4.78 is 4.47. The molecule has 1 rings (SSSR count). The van der Waals surface area contributed by atoms with Gasteiger partial charge in [-0.2, -0.15) is 0 Å². The number of hydrogen-bond donors (Lipinski definition) is 3. The van der Waals surface area contributed by atoms with Crippen molar-refractivity contribution < 1.29 is 19.4 Å². The topological polar surface area (TPSA) is 115 Å². The van der Waals surface area contributed by atoms with Crippen molar-refractivity contribution in [3.63, 3.8) is 0 Å². The Bertz CT molecular complexity index is 394. The van der Waals surface area contributed by atoms with Gasteiger partial charge in [-0.05, 0) is 6.07 Å². The van der Waals surface area contributed by atoms with Crippen molar-refractivity contribution in [3.8, 4) is 0 Å². The molecule has 0 bridgehead atoms. The summed E-state index contributed by atoms with van der Waals surface area (Å²) in [5.41, 5.74) is 5.22. The van der Waals surface area contributed by atoms with Gasteiger partial charge in [-0.3, -0.25) is 4.98 Å². The molecule has 4 N–H and O–H groups in total. The van der Waals surface area contributed by atoms with Crippen molar-refractivity contribution in [2.75, 3.05) is 18.5 Å². The standard InChI is InChI=1S/C9H11N3O4/c10-9(15)16-4-3-12-7-5-11-2-1-6(7)8(13)14/h1-2,5,12H,3-4H2,(H2,10,15)(H,13,14). The molecule has 7 heteroatoms. The lowest BCUT2D eigenvalue weighted by molar-refractivity contribution is 0.0697. The molecule has 0 unspecified atom stereocenters. The number of carboxylic acid groups (broad SMARTS) is 1. The lowest BCUT2D eigenvalue weighted by atomic mass is 10.2. The average molecular weight is 225 g/mol. The molecule has 0 aromatic carbocycles. The highest BCUT2D eigenvalue weighted by Crippen LogP contribution is 2.12. The molecule has 1 aromatic heterocycles. The predicted molar refractivity (Wildman–Crippen MR) is 55.2 cm³/mol. The van der Waals surface area contributed by atoms with E-state index < -0.39 is 12.1 Å². The number of amides is 1. The molecule has 1 heterocycles. The van der Waals surface area contributed by atoms with Crippen LogP contribution in [0.5, 0.6) is 0 Å². The van der Waals surface area contributed by atoms with E-state index in [1.165, 1.54) is 18.5 Å². The Kier molecular flexibility index (Phi) is 4.07. The number of primary amides is 1. The van der Waals surface area contributed by atoms with Gasteiger partial charge in [-0.15, -0.1) is 0 Å². The number of carbonyl (C=O) groups is 2. The number of nitrogens with one attached hydrogen (secondary N) is 1. The SMILES string of the molecule is NC(=O)OCCNc1cnccc1C(=O)O. The highest BCUT2D eigenvalue weighted by molar-refractivity contribution is 5.93. The number of rotatable bonds is 5. The van der Waals surface area contributed by atoms with E-state index in [9.17, 15) is 9.59 Å². The lowest BCUT2D eigenvalue weighted by Gasteiger charge is -2.08. The number of nitrogens with zero attached hydrogens (tertiary/aromatic N) is 1. The molecule has 0 saturated heterocycles. The maximum absolute atomic E-state index is 10.8. The number of aromatic carboxylic acids is 1. The maximum Gasteiger partial charge on any atom is 0.404 e. The van der Waals surface area contributed by atoms with E-state index in [0.29, 0.717) is 5.69 Å². The fourth-order valence-corrected chi connectivity index (χ4v) is 1.06. The highest BCUT2D eigenvalue weighted by Gasteiger charge is 2.08. The number of anilines is 1. The minimum Gasteiger partial charge on any atom is -0.478 e. The molecule has 0 aliphatic rings. The molecule has 86 valence electrons. The van der Waals surface area contributed by atoms with E-state index in [1.54, 1.807) is 0 Å². The molecular weight excluding hydrogens is 214 g/mol. The summed E-state index contributed by atoms with van der Waals surface area (Å²) in [5, 5.41) is 11.6. The molecule has 16 heavy (non-hydrogen) atoms. The smallest absolute Gasteiger partial charge is 0.404 e. The van der Waals surface area contributed by atoms with Crippen LogP contribution in [-0.4, -0.2) is 35.3 Å². The molecule has 0 aliphatic carbocycles. The Morgan fingerprint density at radius 3 is 2.94 bits per heavy atom. The first-order valence-corrected chi connectivity index (χ1v) is 4.44. The van der Waals surface area contributed by atoms with Crippen molar-refractivity contribution in [2.45, 2.75) is 0 Å². The fraction of sp³-hybridized carbons (Fsp3) is 0.222. The Morgan fingerprint density at radius 1 is 1.56 bits per heavy atom. The van der Waals surface area contributed by atoms with Gasteiger partial charge >= 0.3 is 12.1 Å². The number of nitrogens with two attached hydrogens (primary N) is 1. The third kappa shape index (κ3) is 3.45. The number of carboxylic acids is 1. The third-order valence-corrected chi connectivity index (χ3v) is 1.71. The van der Waals surface area contributed by atoms with Gasteiger partial charge in [-0.1, -0.05) is 0 Å². The van der Waals surface area contributed by atoms with E-state index in [-0.39, 0.29) is 18.7 Å². The van der Waals surface area contributed by atoms with Gasteiger partial charge in [0.1, 0.15) is 6.61 Å². The van der Waals surface area contributed by atoms with E-state index in [0.717, 1.165) is 0 Å². The normalized spacial score (nSPS) is 9.50. The Labute approximate surface area is 91.2 Å². The Hall–Kier alpha value is -2.31. The first kappa shape index (κ1) is 11.8. The quantitative estimate of drug-likeness (QED) is 0.620. The van der Waals surface area contributed by atoms with Crippen LogP contribution in [0.4, 0.5) is 10.5 Å². The van der Waals surface area contributed by atoms with Crippen LogP contribution in [0.3, 0.4) is 0 Å². The van der Waals surface area contributed by atoms with Gasteiger partial charge in [0.15, 0.2) is 0 Å². The van der Waals surface area contributed by atoms with Crippen molar-refractivity contribution in [1.29, 1.82) is 0 Å². The summed E-state index contributed by atoms with van der Waals surface area (Å²) in [6.07, 6.45) is 1.90. The number of pyridine rings is 1. The Morgan fingerprint density at radius 2 is 2.31 bits per heavy atom. The molecule has 0 radical (unpaired) electrons. The first-order chi connectivity index (χ1) is 7.61. The summed E-state index contributed by atoms with van der Waals surface area (Å²) in [4.78, 5) is 24.8. The maximum atomic E-state index is 10.8. The zero-order valence-electron chi connectivity index (χ0n) is 8.34. The van der Waals surface area contributed by atoms with Crippen LogP contribution < -0.4 is 11.1 Å². The summed E-state index contributed by atoms with van der Waals surface area (Å²) in [7, 11) is 0. The molecule has 0 fully saturated rings. The molecular formula is C9H11N3O4. The lowest BCUT2D eigenvalue weighted by Crippen LogP contribution is -2.19. The van der Waals surface area contributed by atoms with Crippen molar-refractivity contribution in [3.05, 3.63) is 24.0 Å². The van der Waals surface area contributed by atoms with E-state index in [4.69, 9.17) is 10.8 Å². The second-order valence-electron chi connectivity index (χ2n) is 2.82. The van der Waals surface area contributed by atoms with Crippen LogP contribution in [0.2, 0.25) is 0 Å². The van der Waals surface area contributed by atoms with Crippen molar-refractivity contribution >= 4 is 17.7 Å². The van der Waals surface area contributed by atoms with Crippen LogP contribution in [0.25, 0.3) is 0 Å². The predicted octanol–water partition coefficient (Wildman–Crippen LogP) is 0.287. The van der Waals surface area contributed by atoms with Gasteiger partial charge in [-0.25, -0.2) is 9.59 Å². The summed E-state index contributed by atoms with van der Waals surface area (Å²) in [5.74, 6) is -1.05.